The maximum Gasteiger partial charge on any atom is 0.338 e. The average Bonchev–Trinajstić information content (AvgIpc) is 3.44. The first-order chi connectivity index (χ1) is 17.4. The molecule has 3 heterocycles. The first-order valence-electron chi connectivity index (χ1n) is 11.2. The van der Waals surface area contributed by atoms with Crippen molar-refractivity contribution < 1.29 is 18.3 Å². The van der Waals surface area contributed by atoms with Gasteiger partial charge in [-0.3, -0.25) is 9.36 Å². The van der Waals surface area contributed by atoms with Gasteiger partial charge in [-0.2, -0.15) is 0 Å². The van der Waals surface area contributed by atoms with Gasteiger partial charge in [0.15, 0.2) is 4.80 Å². The highest BCUT2D eigenvalue weighted by Crippen LogP contribution is 2.31. The molecule has 0 bridgehead atoms. The molecule has 0 spiro atoms. The number of hydrogen-bond acceptors (Lipinski definition) is 6. The Morgan fingerprint density at radius 2 is 1.89 bits per heavy atom. The molecule has 1 atom stereocenters. The molecule has 0 saturated heterocycles. The topological polar surface area (TPSA) is 73.8 Å². The van der Waals surface area contributed by atoms with E-state index in [0.29, 0.717) is 42.7 Å². The summed E-state index contributed by atoms with van der Waals surface area (Å²) < 4.78 is 26.3. The summed E-state index contributed by atoms with van der Waals surface area (Å²) in [5, 5.41) is 0.541. The van der Waals surface area contributed by atoms with E-state index in [4.69, 9.17) is 20.8 Å². The van der Waals surface area contributed by atoms with Crippen molar-refractivity contribution in [1.29, 1.82) is 0 Å². The summed E-state index contributed by atoms with van der Waals surface area (Å²) in [7, 11) is 0. The third-order valence-corrected chi connectivity index (χ3v) is 6.97. The second kappa shape index (κ2) is 9.72. The van der Waals surface area contributed by atoms with Crippen LogP contribution in [0.4, 0.5) is 4.39 Å². The van der Waals surface area contributed by atoms with Crippen LogP contribution in [0.25, 0.3) is 17.4 Å². The van der Waals surface area contributed by atoms with Crippen molar-refractivity contribution in [2.24, 2.45) is 4.99 Å². The molecule has 0 unspecified atom stereocenters. The van der Waals surface area contributed by atoms with Crippen LogP contribution < -0.4 is 14.9 Å². The lowest BCUT2D eigenvalue weighted by atomic mass is 9.96. The normalized spacial score (nSPS) is 15.6. The number of ether oxygens (including phenoxy) is 1. The molecule has 0 N–H and O–H groups in total. The van der Waals surface area contributed by atoms with Crippen molar-refractivity contribution in [1.82, 2.24) is 4.57 Å². The molecule has 0 fully saturated rings. The minimum absolute atomic E-state index is 0.197. The van der Waals surface area contributed by atoms with Crippen LogP contribution in [0.3, 0.4) is 0 Å². The predicted octanol–water partition coefficient (Wildman–Crippen LogP) is 4.85. The van der Waals surface area contributed by atoms with Gasteiger partial charge in [0.25, 0.3) is 5.56 Å². The molecule has 4 aromatic rings. The number of hydrogen-bond donors (Lipinski definition) is 0. The maximum absolute atomic E-state index is 13.6. The van der Waals surface area contributed by atoms with Crippen molar-refractivity contribution in [2.45, 2.75) is 19.9 Å². The first kappa shape index (κ1) is 24.0. The van der Waals surface area contributed by atoms with Crippen LogP contribution in [0.15, 0.2) is 86.1 Å². The fourth-order valence-electron chi connectivity index (χ4n) is 4.08. The summed E-state index contributed by atoms with van der Waals surface area (Å²) in [4.78, 5) is 31.5. The largest absolute Gasteiger partial charge is 0.463 e. The molecule has 0 amide bonds. The summed E-state index contributed by atoms with van der Waals surface area (Å²) in [5.74, 6) is 0.153. The number of benzene rings is 2. The summed E-state index contributed by atoms with van der Waals surface area (Å²) in [6.45, 7) is 3.65. The van der Waals surface area contributed by atoms with Crippen molar-refractivity contribution >= 4 is 35.0 Å². The van der Waals surface area contributed by atoms with E-state index < -0.39 is 12.0 Å². The molecule has 0 aliphatic carbocycles. The molecule has 9 heteroatoms. The lowest BCUT2D eigenvalue weighted by Crippen LogP contribution is -2.39. The van der Waals surface area contributed by atoms with Crippen LogP contribution in [0.2, 0.25) is 5.02 Å². The number of carbonyl (C=O) groups is 1. The number of fused-ring (bicyclic) bond motifs is 1. The second-order valence-corrected chi connectivity index (χ2v) is 9.51. The zero-order chi connectivity index (χ0) is 25.4. The van der Waals surface area contributed by atoms with Crippen LogP contribution in [-0.4, -0.2) is 17.1 Å². The monoisotopic (exact) mass is 522 g/mol. The Balaban J connectivity index is 1.63. The Labute approximate surface area is 214 Å². The second-order valence-electron chi connectivity index (χ2n) is 8.06. The van der Waals surface area contributed by atoms with E-state index in [2.05, 4.69) is 4.99 Å². The zero-order valence-electron chi connectivity index (χ0n) is 19.3. The molecule has 36 heavy (non-hydrogen) atoms. The van der Waals surface area contributed by atoms with Gasteiger partial charge in [0.2, 0.25) is 0 Å². The number of halogens is 2. The number of allylic oxidation sites excluding steroid dienone is 1. The Morgan fingerprint density at radius 1 is 1.17 bits per heavy atom. The summed E-state index contributed by atoms with van der Waals surface area (Å²) >= 11 is 7.29. The molecule has 2 aromatic carbocycles. The van der Waals surface area contributed by atoms with Crippen LogP contribution in [0.5, 0.6) is 0 Å². The minimum atomic E-state index is -0.717. The number of esters is 1. The lowest BCUT2D eigenvalue weighted by molar-refractivity contribution is -0.139. The Morgan fingerprint density at radius 3 is 2.58 bits per heavy atom. The Kier molecular flexibility index (Phi) is 6.47. The third kappa shape index (κ3) is 4.45. The van der Waals surface area contributed by atoms with Crippen molar-refractivity contribution in [3.05, 3.63) is 114 Å². The van der Waals surface area contributed by atoms with Gasteiger partial charge >= 0.3 is 5.97 Å². The van der Waals surface area contributed by atoms with Crippen LogP contribution >= 0.6 is 22.9 Å². The van der Waals surface area contributed by atoms with E-state index in [-0.39, 0.29) is 18.0 Å². The van der Waals surface area contributed by atoms with Crippen LogP contribution in [0, 0.1) is 5.82 Å². The van der Waals surface area contributed by atoms with Gasteiger partial charge in [0, 0.05) is 16.7 Å². The summed E-state index contributed by atoms with van der Waals surface area (Å²) in [6, 6.07) is 15.7. The average molecular weight is 523 g/mol. The summed E-state index contributed by atoms with van der Waals surface area (Å²) in [5.41, 5.74) is 1.90. The highest BCUT2D eigenvalue weighted by molar-refractivity contribution is 7.07. The standard InChI is InChI=1S/C27H20ClFN2O4S/c1-3-34-26(33)23-15(2)30-27-31(24(23)17-4-8-18(28)9-5-17)25(32)22(36-27)14-20-12-13-21(35-20)16-6-10-19(29)11-7-16/h4-14,24H,3H2,1-2H3/t24-/m1/s1. The van der Waals surface area contributed by atoms with Crippen molar-refractivity contribution in [3.63, 3.8) is 0 Å². The van der Waals surface area contributed by atoms with Gasteiger partial charge in [0.1, 0.15) is 17.3 Å². The zero-order valence-corrected chi connectivity index (χ0v) is 20.9. The molecule has 1 aliphatic heterocycles. The molecular weight excluding hydrogens is 503 g/mol. The lowest BCUT2D eigenvalue weighted by Gasteiger charge is -2.24. The fraction of sp³-hybridized carbons (Fsp3) is 0.148. The molecule has 5 rings (SSSR count). The molecule has 6 nitrogen and oxygen atoms in total. The quantitative estimate of drug-likeness (QED) is 0.351. The third-order valence-electron chi connectivity index (χ3n) is 5.73. The number of carbonyl (C=O) groups excluding carboxylic acids is 1. The fourth-order valence-corrected chi connectivity index (χ4v) is 5.23. The number of aromatic nitrogens is 1. The van der Waals surface area contributed by atoms with E-state index in [9.17, 15) is 14.0 Å². The number of furan rings is 1. The van der Waals surface area contributed by atoms with E-state index >= 15 is 0 Å². The van der Waals surface area contributed by atoms with Gasteiger partial charge in [-0.25, -0.2) is 14.2 Å². The molecule has 2 aromatic heterocycles. The van der Waals surface area contributed by atoms with Crippen LogP contribution in [0.1, 0.15) is 31.2 Å². The minimum Gasteiger partial charge on any atom is -0.463 e. The van der Waals surface area contributed by atoms with Crippen molar-refractivity contribution in [3.8, 4) is 11.3 Å². The predicted molar refractivity (Wildman–Crippen MR) is 136 cm³/mol. The van der Waals surface area contributed by atoms with E-state index in [1.165, 1.54) is 28.0 Å². The summed E-state index contributed by atoms with van der Waals surface area (Å²) in [6.07, 6.45) is 1.64. The van der Waals surface area contributed by atoms with Gasteiger partial charge in [-0.15, -0.1) is 0 Å². The molecule has 182 valence electrons. The highest BCUT2D eigenvalue weighted by Gasteiger charge is 2.33. The van der Waals surface area contributed by atoms with Crippen molar-refractivity contribution in [2.75, 3.05) is 6.61 Å². The van der Waals surface area contributed by atoms with Gasteiger partial charge < -0.3 is 9.15 Å². The van der Waals surface area contributed by atoms with Crippen LogP contribution in [-0.2, 0) is 9.53 Å². The molecule has 0 saturated carbocycles. The Bertz CT molecular complexity index is 1660. The van der Waals surface area contributed by atoms with E-state index in [1.54, 1.807) is 68.5 Å². The molecule has 0 radical (unpaired) electrons. The smallest absolute Gasteiger partial charge is 0.338 e. The maximum atomic E-state index is 13.6. The van der Waals surface area contributed by atoms with Gasteiger partial charge in [0.05, 0.1) is 28.5 Å². The SMILES string of the molecule is CCOC(=O)C1=C(C)N=c2sc(=Cc3ccc(-c4ccc(F)cc4)o3)c(=O)n2[C@@H]1c1ccc(Cl)cc1. The highest BCUT2D eigenvalue weighted by atomic mass is 35.5. The Hall–Kier alpha value is -3.75. The number of nitrogens with zero attached hydrogens (tertiary/aromatic N) is 2. The molecule has 1 aliphatic rings. The van der Waals surface area contributed by atoms with E-state index in [1.807, 2.05) is 0 Å². The number of rotatable bonds is 5. The number of thiazole rings is 1. The van der Waals surface area contributed by atoms with Gasteiger partial charge in [-0.1, -0.05) is 35.1 Å². The molecular formula is C27H20ClFN2O4S. The first-order valence-corrected chi connectivity index (χ1v) is 12.4. The van der Waals surface area contributed by atoms with Gasteiger partial charge in [-0.05, 0) is 67.9 Å². The van der Waals surface area contributed by atoms with E-state index in [0.717, 1.165) is 5.56 Å².